The average molecular weight is 395 g/mol. The van der Waals surface area contributed by atoms with Crippen molar-refractivity contribution >= 4 is 5.97 Å². The van der Waals surface area contributed by atoms with Gasteiger partial charge in [-0.1, -0.05) is 58.3 Å². The maximum Gasteiger partial charge on any atom is 0.303 e. The van der Waals surface area contributed by atoms with Gasteiger partial charge in [0.15, 0.2) is 0 Å². The molecule has 7 nitrogen and oxygen atoms in total. The second-order valence-corrected chi connectivity index (χ2v) is 6.26. The van der Waals surface area contributed by atoms with Gasteiger partial charge in [0.1, 0.15) is 0 Å². The standard InChI is InChI=1S/C12H24O2.C8H18O5/c1-2-3-4-5-6-7-8-9-10-11-12(13)14;9-1-3-11-5-7-13-8-6-12-4-2-10/h2-11H2,1H3,(H,13,14);9-10H,1-8H2. The molecule has 164 valence electrons. The number of aliphatic hydroxyl groups is 2. The number of unbranched alkanes of at least 4 members (excludes halogenated alkanes) is 8. The van der Waals surface area contributed by atoms with Crippen molar-refractivity contribution in [1.82, 2.24) is 0 Å². The largest absolute Gasteiger partial charge is 0.481 e. The van der Waals surface area contributed by atoms with Crippen LogP contribution in [0.15, 0.2) is 0 Å². The van der Waals surface area contributed by atoms with Gasteiger partial charge in [-0.3, -0.25) is 4.79 Å². The Morgan fingerprint density at radius 3 is 1.37 bits per heavy atom. The van der Waals surface area contributed by atoms with E-state index in [0.29, 0.717) is 46.1 Å². The van der Waals surface area contributed by atoms with E-state index in [2.05, 4.69) is 6.92 Å². The fourth-order valence-corrected chi connectivity index (χ4v) is 2.26. The van der Waals surface area contributed by atoms with E-state index >= 15 is 0 Å². The highest BCUT2D eigenvalue weighted by atomic mass is 16.5. The fourth-order valence-electron chi connectivity index (χ4n) is 2.26. The highest BCUT2D eigenvalue weighted by Crippen LogP contribution is 2.10. The summed E-state index contributed by atoms with van der Waals surface area (Å²) in [5, 5.41) is 25.1. The summed E-state index contributed by atoms with van der Waals surface area (Å²) in [7, 11) is 0. The molecule has 0 fully saturated rings. The number of aliphatic carboxylic acids is 1. The van der Waals surface area contributed by atoms with Crippen LogP contribution in [0, 0.1) is 0 Å². The van der Waals surface area contributed by atoms with Gasteiger partial charge in [0.05, 0.1) is 52.9 Å². The van der Waals surface area contributed by atoms with E-state index in [0.717, 1.165) is 12.8 Å². The van der Waals surface area contributed by atoms with Gasteiger partial charge in [0.25, 0.3) is 0 Å². The zero-order valence-corrected chi connectivity index (χ0v) is 17.2. The molecule has 0 atom stereocenters. The molecule has 0 radical (unpaired) electrons. The molecule has 7 heteroatoms. The summed E-state index contributed by atoms with van der Waals surface area (Å²) in [5.74, 6) is -0.659. The topological polar surface area (TPSA) is 105 Å². The van der Waals surface area contributed by atoms with Crippen molar-refractivity contribution in [2.24, 2.45) is 0 Å². The monoisotopic (exact) mass is 394 g/mol. The number of hydrogen-bond acceptors (Lipinski definition) is 6. The second kappa shape index (κ2) is 27.5. The smallest absolute Gasteiger partial charge is 0.303 e. The van der Waals surface area contributed by atoms with Gasteiger partial charge in [-0.05, 0) is 6.42 Å². The zero-order chi connectivity index (χ0) is 20.4. The Balaban J connectivity index is 0. The lowest BCUT2D eigenvalue weighted by Gasteiger charge is -2.04. The second-order valence-electron chi connectivity index (χ2n) is 6.26. The Labute approximate surface area is 165 Å². The van der Waals surface area contributed by atoms with Crippen LogP contribution >= 0.6 is 0 Å². The van der Waals surface area contributed by atoms with Crippen molar-refractivity contribution < 1.29 is 34.3 Å². The van der Waals surface area contributed by atoms with E-state index in [4.69, 9.17) is 29.5 Å². The van der Waals surface area contributed by atoms with Gasteiger partial charge >= 0.3 is 5.97 Å². The number of ether oxygens (including phenoxy) is 3. The van der Waals surface area contributed by atoms with Crippen LogP contribution in [0.4, 0.5) is 0 Å². The lowest BCUT2D eigenvalue weighted by Crippen LogP contribution is -2.11. The first-order chi connectivity index (χ1) is 13.2. The molecule has 0 aliphatic carbocycles. The molecule has 0 aliphatic rings. The molecule has 0 aromatic carbocycles. The summed E-state index contributed by atoms with van der Waals surface area (Å²) in [6.07, 6.45) is 11.5. The maximum atomic E-state index is 10.2. The fraction of sp³-hybridized carbons (Fsp3) is 0.950. The summed E-state index contributed by atoms with van der Waals surface area (Å²) in [5.41, 5.74) is 0. The summed E-state index contributed by atoms with van der Waals surface area (Å²) in [4.78, 5) is 10.2. The van der Waals surface area contributed by atoms with E-state index in [1.54, 1.807) is 0 Å². The lowest BCUT2D eigenvalue weighted by molar-refractivity contribution is -0.137. The van der Waals surface area contributed by atoms with E-state index in [1.807, 2.05) is 0 Å². The minimum atomic E-state index is -0.659. The van der Waals surface area contributed by atoms with Crippen LogP contribution in [0.1, 0.15) is 71.1 Å². The molecule has 0 aromatic rings. The lowest BCUT2D eigenvalue weighted by atomic mass is 10.1. The minimum absolute atomic E-state index is 0.0413. The van der Waals surface area contributed by atoms with Crippen LogP contribution in [-0.2, 0) is 19.0 Å². The molecular formula is C20H42O7. The number of carbonyl (C=O) groups is 1. The Morgan fingerprint density at radius 2 is 1.00 bits per heavy atom. The molecule has 27 heavy (non-hydrogen) atoms. The number of rotatable bonds is 20. The van der Waals surface area contributed by atoms with Gasteiger partial charge < -0.3 is 29.5 Å². The van der Waals surface area contributed by atoms with Crippen molar-refractivity contribution in [2.45, 2.75) is 71.1 Å². The molecule has 0 unspecified atom stereocenters. The molecule has 0 heterocycles. The van der Waals surface area contributed by atoms with Crippen LogP contribution < -0.4 is 0 Å². The van der Waals surface area contributed by atoms with Crippen LogP contribution in [0.3, 0.4) is 0 Å². The first-order valence-electron chi connectivity index (χ1n) is 10.4. The predicted molar refractivity (Wildman–Crippen MR) is 106 cm³/mol. The molecular weight excluding hydrogens is 352 g/mol. The summed E-state index contributed by atoms with van der Waals surface area (Å²) < 4.78 is 15.0. The van der Waals surface area contributed by atoms with E-state index in [1.165, 1.54) is 44.9 Å². The minimum Gasteiger partial charge on any atom is -0.481 e. The molecule has 0 rings (SSSR count). The van der Waals surface area contributed by atoms with Gasteiger partial charge in [0.2, 0.25) is 0 Å². The van der Waals surface area contributed by atoms with Crippen molar-refractivity contribution in [3.05, 3.63) is 0 Å². The molecule has 0 saturated carbocycles. The number of hydrogen-bond donors (Lipinski definition) is 3. The van der Waals surface area contributed by atoms with Crippen LogP contribution in [-0.4, -0.2) is 74.1 Å². The number of carboxylic acids is 1. The first kappa shape index (κ1) is 28.5. The molecule has 0 spiro atoms. The maximum absolute atomic E-state index is 10.2. The Morgan fingerprint density at radius 1 is 0.630 bits per heavy atom. The van der Waals surface area contributed by atoms with Gasteiger partial charge in [-0.25, -0.2) is 0 Å². The summed E-state index contributed by atoms with van der Waals surface area (Å²) >= 11 is 0. The third kappa shape index (κ3) is 33.3. The Bertz CT molecular complexity index is 265. The summed E-state index contributed by atoms with van der Waals surface area (Å²) in [6, 6.07) is 0. The molecule has 0 amide bonds. The van der Waals surface area contributed by atoms with Gasteiger partial charge in [-0.2, -0.15) is 0 Å². The van der Waals surface area contributed by atoms with Gasteiger partial charge in [-0.15, -0.1) is 0 Å². The van der Waals surface area contributed by atoms with Crippen molar-refractivity contribution in [2.75, 3.05) is 52.9 Å². The number of carboxylic acid groups (broad SMARTS) is 1. The predicted octanol–water partition coefficient (Wildman–Crippen LogP) is 3.01. The third-order valence-corrected chi connectivity index (χ3v) is 3.71. The summed E-state index contributed by atoms with van der Waals surface area (Å²) in [6.45, 7) is 4.99. The Hall–Kier alpha value is -0.730. The highest BCUT2D eigenvalue weighted by molar-refractivity contribution is 5.66. The quantitative estimate of drug-likeness (QED) is 0.273. The molecule has 0 aliphatic heterocycles. The third-order valence-electron chi connectivity index (χ3n) is 3.71. The van der Waals surface area contributed by atoms with Crippen molar-refractivity contribution in [3.63, 3.8) is 0 Å². The molecule has 0 aromatic heterocycles. The highest BCUT2D eigenvalue weighted by Gasteiger charge is 1.96. The van der Waals surface area contributed by atoms with E-state index in [9.17, 15) is 4.79 Å². The number of aliphatic hydroxyl groups excluding tert-OH is 2. The Kier molecular flexibility index (Phi) is 29.0. The van der Waals surface area contributed by atoms with Gasteiger partial charge in [0, 0.05) is 6.42 Å². The average Bonchev–Trinajstić information content (AvgIpc) is 2.66. The molecule has 3 N–H and O–H groups in total. The van der Waals surface area contributed by atoms with Crippen molar-refractivity contribution in [3.8, 4) is 0 Å². The molecule has 0 bridgehead atoms. The van der Waals surface area contributed by atoms with E-state index < -0.39 is 5.97 Å². The van der Waals surface area contributed by atoms with Crippen LogP contribution in [0.5, 0.6) is 0 Å². The van der Waals surface area contributed by atoms with Crippen LogP contribution in [0.2, 0.25) is 0 Å². The van der Waals surface area contributed by atoms with E-state index in [-0.39, 0.29) is 13.2 Å². The SMILES string of the molecule is CCCCCCCCCCCC(=O)O.OCCOCCOCCOCCO. The normalized spacial score (nSPS) is 10.5. The van der Waals surface area contributed by atoms with Crippen LogP contribution in [0.25, 0.3) is 0 Å². The van der Waals surface area contributed by atoms with Crippen molar-refractivity contribution in [1.29, 1.82) is 0 Å². The first-order valence-corrected chi connectivity index (χ1v) is 10.4. The molecule has 0 saturated heterocycles. The zero-order valence-electron chi connectivity index (χ0n) is 17.2.